The molecular weight excluding hydrogens is 671 g/mol. The second kappa shape index (κ2) is 14.6. The maximum absolute atomic E-state index is 14.5. The van der Waals surface area contributed by atoms with Gasteiger partial charge in [0.25, 0.3) is 5.91 Å². The summed E-state index contributed by atoms with van der Waals surface area (Å²) in [7, 11) is -3.54. The van der Waals surface area contributed by atoms with Crippen LogP contribution in [0.5, 0.6) is 0 Å². The van der Waals surface area contributed by atoms with Gasteiger partial charge in [-0.05, 0) is 74.5 Å². The van der Waals surface area contributed by atoms with Gasteiger partial charge in [0.15, 0.2) is 9.84 Å². The van der Waals surface area contributed by atoms with E-state index in [2.05, 4.69) is 35.1 Å². The lowest BCUT2D eigenvalue weighted by Crippen LogP contribution is -2.64. The number of carbonyl (C=O) groups excluding carboxylic acids is 5. The summed E-state index contributed by atoms with van der Waals surface area (Å²) in [6.45, 7) is 13.8. The quantitative estimate of drug-likeness (QED) is 0.206. The molecule has 0 aromatic carbocycles. The molecule has 5 atom stereocenters. The minimum Gasteiger partial charge on any atom is -0.347 e. The number of nitrogens with zero attached hydrogens (tertiary/aromatic N) is 1. The van der Waals surface area contributed by atoms with E-state index in [4.69, 9.17) is 0 Å². The fraction of sp³-hybridized carbons (Fsp3) is 0.868. The Morgan fingerprint density at radius 2 is 1.45 bits per heavy atom. The van der Waals surface area contributed by atoms with E-state index in [1.165, 1.54) is 0 Å². The summed E-state index contributed by atoms with van der Waals surface area (Å²) in [6, 6.07) is -3.46. The highest BCUT2D eigenvalue weighted by molar-refractivity contribution is 7.92. The monoisotopic (exact) mass is 733 g/mol. The Labute approximate surface area is 305 Å². The first-order valence-electron chi connectivity index (χ1n) is 19.5. The summed E-state index contributed by atoms with van der Waals surface area (Å²) in [6.07, 6.45) is 10.3. The number of ketones is 1. The number of rotatable bonds is 13. The lowest BCUT2D eigenvalue weighted by molar-refractivity contribution is -0.145. The van der Waals surface area contributed by atoms with E-state index in [0.29, 0.717) is 45.1 Å². The molecule has 13 heteroatoms. The number of hydrogen-bond acceptors (Lipinski definition) is 7. The second-order valence-corrected chi connectivity index (χ2v) is 20.9. The van der Waals surface area contributed by atoms with Crippen LogP contribution in [0.2, 0.25) is 0 Å². The first-order valence-corrected chi connectivity index (χ1v) is 21.2. The second-order valence-electron chi connectivity index (χ2n) is 18.4. The molecule has 5 aliphatic rings. The van der Waals surface area contributed by atoms with Gasteiger partial charge in [-0.1, -0.05) is 86.5 Å². The first kappa shape index (κ1) is 39.5. The SMILES string of the molecule is CCC[C@H](NC(=O)[C@@H]1[C@@H]2[C@H](CN1C(=O)[C@@H](NC(=O)NC1(CS(=O)(=O)C3(C)CCCCC3)CCCCC1)C(C)(C)C)C2(C)C)C(=O)C(=O)NC1CC1. The number of nitrogens with one attached hydrogen (secondary N) is 4. The largest absolute Gasteiger partial charge is 0.347 e. The van der Waals surface area contributed by atoms with Gasteiger partial charge in [-0.2, -0.15) is 0 Å². The lowest BCUT2D eigenvalue weighted by Gasteiger charge is -2.43. The van der Waals surface area contributed by atoms with Crippen molar-refractivity contribution in [1.29, 1.82) is 0 Å². The molecule has 0 aromatic heterocycles. The van der Waals surface area contributed by atoms with Crippen molar-refractivity contribution in [2.24, 2.45) is 22.7 Å². The van der Waals surface area contributed by atoms with Crippen LogP contribution in [0, 0.1) is 22.7 Å². The summed E-state index contributed by atoms with van der Waals surface area (Å²) in [5.41, 5.74) is -1.87. The third-order valence-corrected chi connectivity index (χ3v) is 15.7. The topological polar surface area (TPSA) is 171 Å². The molecular formula is C38H63N5O7S. The molecule has 1 aliphatic heterocycles. The fourth-order valence-electron chi connectivity index (χ4n) is 9.18. The maximum atomic E-state index is 14.5. The Kier molecular flexibility index (Phi) is 11.3. The number of urea groups is 1. The Hall–Kier alpha value is -2.70. The van der Waals surface area contributed by atoms with Gasteiger partial charge in [-0.25, -0.2) is 13.2 Å². The minimum absolute atomic E-state index is 0.00648. The van der Waals surface area contributed by atoms with Crippen molar-refractivity contribution < 1.29 is 32.4 Å². The maximum Gasteiger partial charge on any atom is 0.315 e. The van der Waals surface area contributed by atoms with E-state index in [1.807, 2.05) is 34.6 Å². The molecule has 288 valence electrons. The Balaban J connectivity index is 1.33. The van der Waals surface area contributed by atoms with E-state index in [0.717, 1.165) is 51.4 Å². The molecule has 5 fully saturated rings. The molecule has 0 bridgehead atoms. The fourth-order valence-corrected chi connectivity index (χ4v) is 11.5. The van der Waals surface area contributed by atoms with Crippen LogP contribution in [0.3, 0.4) is 0 Å². The zero-order valence-electron chi connectivity index (χ0n) is 32.0. The van der Waals surface area contributed by atoms with E-state index in [9.17, 15) is 32.4 Å². The summed E-state index contributed by atoms with van der Waals surface area (Å²) in [4.78, 5) is 69.8. The zero-order chi connectivity index (χ0) is 37.6. The molecule has 4 aliphatic carbocycles. The van der Waals surface area contributed by atoms with E-state index >= 15 is 0 Å². The van der Waals surface area contributed by atoms with Crippen molar-refractivity contribution in [3.63, 3.8) is 0 Å². The average Bonchev–Trinajstić information content (AvgIpc) is 3.90. The molecule has 4 N–H and O–H groups in total. The highest BCUT2D eigenvalue weighted by Crippen LogP contribution is 2.65. The molecule has 0 spiro atoms. The van der Waals surface area contributed by atoms with E-state index < -0.39 is 73.2 Å². The van der Waals surface area contributed by atoms with Crippen LogP contribution in [-0.2, 0) is 29.0 Å². The van der Waals surface area contributed by atoms with Crippen molar-refractivity contribution in [2.45, 2.75) is 173 Å². The number of carbonyl (C=O) groups is 5. The van der Waals surface area contributed by atoms with Crippen LogP contribution in [0.25, 0.3) is 0 Å². The third kappa shape index (κ3) is 8.43. The van der Waals surface area contributed by atoms with E-state index in [1.54, 1.807) is 4.90 Å². The summed E-state index contributed by atoms with van der Waals surface area (Å²) >= 11 is 0. The number of piperidine rings is 1. The van der Waals surface area contributed by atoms with Gasteiger partial charge in [0.05, 0.1) is 22.1 Å². The average molecular weight is 734 g/mol. The van der Waals surface area contributed by atoms with Crippen molar-refractivity contribution in [3.05, 3.63) is 0 Å². The molecule has 4 saturated carbocycles. The zero-order valence-corrected chi connectivity index (χ0v) is 32.8. The van der Waals surface area contributed by atoms with E-state index in [-0.39, 0.29) is 29.0 Å². The van der Waals surface area contributed by atoms with Crippen molar-refractivity contribution in [3.8, 4) is 0 Å². The van der Waals surface area contributed by atoms with Crippen LogP contribution in [0.4, 0.5) is 4.79 Å². The molecule has 0 radical (unpaired) electrons. The van der Waals surface area contributed by atoms with Gasteiger partial charge in [0.1, 0.15) is 12.1 Å². The smallest absolute Gasteiger partial charge is 0.315 e. The molecule has 12 nitrogen and oxygen atoms in total. The molecule has 1 heterocycles. The highest BCUT2D eigenvalue weighted by atomic mass is 32.2. The standard InChI is InChI=1S/C38H63N5O7S/c1-8-15-26(29(44)32(46)39-24-16-17-24)40-31(45)28-27-25(36(27,5)6)22-43(28)33(47)30(35(2,3)4)41-34(48)42-38(20-13-10-14-21-38)23-51(49,50)37(7)18-11-9-12-19-37/h24-28,30H,8-23H2,1-7H3,(H,39,46)(H,40,45)(H2,41,42,48)/t25-,26-,27-,28-,30+/m0/s1. The molecule has 1 saturated heterocycles. The van der Waals surface area contributed by atoms with Gasteiger partial charge in [0, 0.05) is 12.6 Å². The molecule has 51 heavy (non-hydrogen) atoms. The number of fused-ring (bicyclic) bond motifs is 1. The van der Waals surface area contributed by atoms with Crippen LogP contribution >= 0.6 is 0 Å². The third-order valence-electron chi connectivity index (χ3n) is 12.8. The normalized spacial score (nSPS) is 27.7. The molecule has 5 amide bonds. The van der Waals surface area contributed by atoms with Gasteiger partial charge < -0.3 is 26.2 Å². The lowest BCUT2D eigenvalue weighted by atomic mass is 9.83. The van der Waals surface area contributed by atoms with Crippen molar-refractivity contribution >= 4 is 39.4 Å². The number of sulfone groups is 1. The molecule has 5 rings (SSSR count). The van der Waals surface area contributed by atoms with Gasteiger partial charge in [0.2, 0.25) is 17.6 Å². The Morgan fingerprint density at radius 3 is 2.00 bits per heavy atom. The number of amides is 5. The van der Waals surface area contributed by atoms with Crippen LogP contribution in [-0.4, -0.2) is 89.6 Å². The number of likely N-dealkylation sites (tertiary alicyclic amines) is 1. The minimum atomic E-state index is -3.54. The molecule has 0 unspecified atom stereocenters. The van der Waals surface area contributed by atoms with Crippen LogP contribution < -0.4 is 21.3 Å². The first-order chi connectivity index (χ1) is 23.8. The summed E-state index contributed by atoms with van der Waals surface area (Å²) in [5.74, 6) is -2.42. The predicted molar refractivity (Wildman–Crippen MR) is 195 cm³/mol. The van der Waals surface area contributed by atoms with Gasteiger partial charge in [-0.3, -0.25) is 19.2 Å². The predicted octanol–water partition coefficient (Wildman–Crippen LogP) is 4.16. The Bertz CT molecular complexity index is 1470. The van der Waals surface area contributed by atoms with Gasteiger partial charge in [-0.15, -0.1) is 0 Å². The summed E-state index contributed by atoms with van der Waals surface area (Å²) in [5, 5.41) is 11.6. The van der Waals surface area contributed by atoms with Crippen LogP contribution in [0.1, 0.15) is 138 Å². The number of Topliss-reactive ketones (excluding diaryl/α,β-unsaturated/α-hetero) is 1. The number of hydrogen-bond donors (Lipinski definition) is 4. The van der Waals surface area contributed by atoms with Crippen molar-refractivity contribution in [2.75, 3.05) is 12.3 Å². The molecule has 0 aromatic rings. The van der Waals surface area contributed by atoms with Crippen molar-refractivity contribution in [1.82, 2.24) is 26.2 Å². The van der Waals surface area contributed by atoms with Crippen LogP contribution in [0.15, 0.2) is 0 Å². The highest BCUT2D eigenvalue weighted by Gasteiger charge is 2.70. The Morgan fingerprint density at radius 1 is 0.863 bits per heavy atom. The summed E-state index contributed by atoms with van der Waals surface area (Å²) < 4.78 is 27.1. The van der Waals surface area contributed by atoms with Gasteiger partial charge >= 0.3 is 6.03 Å².